The van der Waals surface area contributed by atoms with Crippen molar-refractivity contribution < 1.29 is 22.0 Å². The number of amides is 1. The van der Waals surface area contributed by atoms with Gasteiger partial charge in [0.05, 0.1) is 5.69 Å². The lowest BCUT2D eigenvalue weighted by Crippen LogP contribution is -2.33. The van der Waals surface area contributed by atoms with Gasteiger partial charge in [0.2, 0.25) is 0 Å². The van der Waals surface area contributed by atoms with Crippen LogP contribution in [0, 0.1) is 0 Å². The molecule has 4 rings (SSSR count). The van der Waals surface area contributed by atoms with Gasteiger partial charge in [0, 0.05) is 5.56 Å². The molecule has 0 atom stereocenters. The van der Waals surface area contributed by atoms with Crippen LogP contribution in [0.5, 0.6) is 0 Å². The maximum absolute atomic E-state index is 12.8. The molecule has 1 amide bonds. The molecule has 0 aliphatic heterocycles. The van der Waals surface area contributed by atoms with E-state index in [0.29, 0.717) is 11.5 Å². The Morgan fingerprint density at radius 3 is 2.30 bits per heavy atom. The first-order chi connectivity index (χ1) is 12.9. The first-order valence-electron chi connectivity index (χ1n) is 8.20. The summed E-state index contributed by atoms with van der Waals surface area (Å²) >= 11 is 0. The summed E-state index contributed by atoms with van der Waals surface area (Å²) in [5.74, 6) is -0.705. The van der Waals surface area contributed by atoms with Crippen molar-refractivity contribution in [2.24, 2.45) is 0 Å². The molecular formula is C20H15NO5S. The fourth-order valence-corrected chi connectivity index (χ4v) is 3.59. The van der Waals surface area contributed by atoms with E-state index in [1.165, 1.54) is 12.1 Å². The largest absolute Gasteiger partial charge is 0.418 e. The van der Waals surface area contributed by atoms with E-state index in [9.17, 15) is 13.2 Å². The molecule has 27 heavy (non-hydrogen) atoms. The molecular weight excluding hydrogens is 366 g/mol. The van der Waals surface area contributed by atoms with Crippen LogP contribution in [0.1, 0.15) is 21.5 Å². The fraction of sp³-hybridized carbons (Fsp3) is 0.0500. The number of benzene rings is 3. The lowest BCUT2D eigenvalue weighted by Gasteiger charge is -2.20. The van der Waals surface area contributed by atoms with Crippen LogP contribution in [0.2, 0.25) is 0 Å². The number of hydrogen-bond acceptors (Lipinski definition) is 4. The summed E-state index contributed by atoms with van der Waals surface area (Å²) < 4.78 is 36.3. The molecule has 0 aromatic heterocycles. The van der Waals surface area contributed by atoms with Gasteiger partial charge >= 0.3 is 10.4 Å². The van der Waals surface area contributed by atoms with Crippen LogP contribution in [0.15, 0.2) is 72.8 Å². The molecule has 0 radical (unpaired) electrons. The number of nitrogens with zero attached hydrogens (tertiary/aromatic N) is 1. The van der Waals surface area contributed by atoms with Gasteiger partial charge in [0.1, 0.15) is 0 Å². The number of rotatable bonds is 4. The Morgan fingerprint density at radius 1 is 0.889 bits per heavy atom. The molecule has 1 aliphatic rings. The van der Waals surface area contributed by atoms with Gasteiger partial charge in [-0.25, -0.2) is 0 Å². The van der Waals surface area contributed by atoms with Gasteiger partial charge < -0.3 is 0 Å². The Kier molecular flexibility index (Phi) is 4.27. The third-order valence-corrected chi connectivity index (χ3v) is 4.72. The number of hydrogen-bond donors (Lipinski definition) is 1. The molecule has 136 valence electrons. The van der Waals surface area contributed by atoms with Gasteiger partial charge in [0.15, 0.2) is 0 Å². The van der Waals surface area contributed by atoms with Gasteiger partial charge in [-0.3, -0.25) is 9.35 Å². The third-order valence-electron chi connectivity index (χ3n) is 4.39. The minimum Gasteiger partial charge on any atom is -0.266 e. The molecule has 6 nitrogen and oxygen atoms in total. The second-order valence-electron chi connectivity index (χ2n) is 6.14. The molecule has 3 aromatic rings. The monoisotopic (exact) mass is 381 g/mol. The summed E-state index contributed by atoms with van der Waals surface area (Å²) in [4.78, 5) is 12.8. The van der Waals surface area contributed by atoms with Crippen molar-refractivity contribution in [3.05, 3.63) is 89.5 Å². The Bertz CT molecular complexity index is 1130. The Hall–Kier alpha value is -3.00. The van der Waals surface area contributed by atoms with Gasteiger partial charge in [-0.15, -0.1) is 4.28 Å². The van der Waals surface area contributed by atoms with Gasteiger partial charge in [-0.05, 0) is 52.9 Å². The van der Waals surface area contributed by atoms with E-state index in [1.807, 2.05) is 30.3 Å². The number of carbonyl (C=O) groups is 1. The molecule has 0 heterocycles. The predicted molar refractivity (Wildman–Crippen MR) is 101 cm³/mol. The zero-order valence-electron chi connectivity index (χ0n) is 14.1. The maximum Gasteiger partial charge on any atom is 0.418 e. The van der Waals surface area contributed by atoms with Crippen LogP contribution in [0.25, 0.3) is 11.1 Å². The normalized spacial score (nSPS) is 12.3. The molecule has 0 unspecified atom stereocenters. The van der Waals surface area contributed by atoms with Gasteiger partial charge in [-0.1, -0.05) is 48.5 Å². The molecule has 1 N–H and O–H groups in total. The van der Waals surface area contributed by atoms with Gasteiger partial charge in [-0.2, -0.15) is 13.5 Å². The molecule has 0 saturated heterocycles. The first kappa shape index (κ1) is 17.4. The van der Waals surface area contributed by atoms with Crippen molar-refractivity contribution in [3.63, 3.8) is 0 Å². The van der Waals surface area contributed by atoms with Crippen LogP contribution >= 0.6 is 0 Å². The van der Waals surface area contributed by atoms with Crippen molar-refractivity contribution in [1.82, 2.24) is 0 Å². The Morgan fingerprint density at radius 2 is 1.56 bits per heavy atom. The van der Waals surface area contributed by atoms with Crippen molar-refractivity contribution in [2.45, 2.75) is 6.42 Å². The van der Waals surface area contributed by atoms with Crippen LogP contribution in [0.3, 0.4) is 0 Å². The van der Waals surface area contributed by atoms with Crippen molar-refractivity contribution in [1.29, 1.82) is 0 Å². The minimum atomic E-state index is -4.89. The van der Waals surface area contributed by atoms with E-state index < -0.39 is 16.3 Å². The van der Waals surface area contributed by atoms with Crippen molar-refractivity contribution >= 4 is 22.0 Å². The smallest absolute Gasteiger partial charge is 0.266 e. The molecule has 0 fully saturated rings. The number of fused-ring (bicyclic) bond motifs is 3. The quantitative estimate of drug-likeness (QED) is 0.431. The molecule has 0 spiro atoms. The van der Waals surface area contributed by atoms with Crippen LogP contribution in [-0.4, -0.2) is 18.9 Å². The molecule has 3 aromatic carbocycles. The fourth-order valence-electron chi connectivity index (χ4n) is 3.24. The SMILES string of the molecule is O=C(c1ccccc1)N(OS(=O)(=O)O)c1ccc2c(c1)Cc1ccccc1-2. The minimum absolute atomic E-state index is 0.216. The van der Waals surface area contributed by atoms with E-state index in [4.69, 9.17) is 4.55 Å². The summed E-state index contributed by atoms with van der Waals surface area (Å²) in [6.07, 6.45) is 0.665. The zero-order chi connectivity index (χ0) is 19.0. The third kappa shape index (κ3) is 3.48. The number of carbonyl (C=O) groups excluding carboxylic acids is 1. The summed E-state index contributed by atoms with van der Waals surface area (Å²) in [7, 11) is -4.89. The maximum atomic E-state index is 12.8. The zero-order valence-corrected chi connectivity index (χ0v) is 14.9. The topological polar surface area (TPSA) is 83.9 Å². The lowest BCUT2D eigenvalue weighted by molar-refractivity contribution is 0.0870. The second kappa shape index (κ2) is 6.62. The highest BCUT2D eigenvalue weighted by Gasteiger charge is 2.26. The van der Waals surface area contributed by atoms with Crippen LogP contribution < -0.4 is 5.06 Å². The standard InChI is InChI=1S/C20H15NO5S/c22-20(14-6-2-1-3-7-14)21(26-27(23,24)25)17-10-11-19-16(13-17)12-15-8-4-5-9-18(15)19/h1-11,13H,12H2,(H,23,24,25). The molecule has 0 bridgehead atoms. The Labute approximate surface area is 156 Å². The van der Waals surface area contributed by atoms with Gasteiger partial charge in [0.25, 0.3) is 5.91 Å². The predicted octanol–water partition coefficient (Wildman–Crippen LogP) is 3.64. The van der Waals surface area contributed by atoms with E-state index in [1.54, 1.807) is 30.3 Å². The summed E-state index contributed by atoms with van der Waals surface area (Å²) in [6.45, 7) is 0. The van der Waals surface area contributed by atoms with Crippen LogP contribution in [-0.2, 0) is 21.1 Å². The average Bonchev–Trinajstić information content (AvgIpc) is 3.03. The summed E-state index contributed by atoms with van der Waals surface area (Å²) in [5, 5.41) is 0.591. The first-order valence-corrected chi connectivity index (χ1v) is 9.56. The highest BCUT2D eigenvalue weighted by atomic mass is 32.3. The van der Waals surface area contributed by atoms with E-state index in [0.717, 1.165) is 22.3 Å². The molecule has 7 heteroatoms. The van der Waals surface area contributed by atoms with Crippen LogP contribution in [0.4, 0.5) is 5.69 Å². The highest BCUT2D eigenvalue weighted by molar-refractivity contribution is 7.81. The average molecular weight is 381 g/mol. The molecule has 0 saturated carbocycles. The Balaban J connectivity index is 1.75. The number of anilines is 1. The van der Waals surface area contributed by atoms with Crippen molar-refractivity contribution in [2.75, 3.05) is 5.06 Å². The highest BCUT2D eigenvalue weighted by Crippen LogP contribution is 2.38. The lowest BCUT2D eigenvalue weighted by atomic mass is 10.1. The molecule has 1 aliphatic carbocycles. The summed E-state index contributed by atoms with van der Waals surface area (Å²) in [6, 6.07) is 21.2. The number of hydroxylamine groups is 1. The van der Waals surface area contributed by atoms with E-state index >= 15 is 0 Å². The summed E-state index contributed by atoms with van der Waals surface area (Å²) in [5.41, 5.74) is 4.67. The second-order valence-corrected chi connectivity index (χ2v) is 7.15. The van der Waals surface area contributed by atoms with E-state index in [-0.39, 0.29) is 11.3 Å². The van der Waals surface area contributed by atoms with E-state index in [2.05, 4.69) is 4.28 Å². The van der Waals surface area contributed by atoms with Crippen molar-refractivity contribution in [3.8, 4) is 11.1 Å².